The van der Waals surface area contributed by atoms with E-state index in [9.17, 15) is 0 Å². The standard InChI is InChI=1S/C17H30N4.HI/c1-14(12-19-16(18-5)20-17(2,3)4)21(6)13-15-10-8-7-9-11-15;/h7-11,14H,12-13H2,1-6H3,(H2,18,19,20);1H. The molecule has 0 radical (unpaired) electrons. The molecule has 0 bridgehead atoms. The fourth-order valence-electron chi connectivity index (χ4n) is 1.96. The van der Waals surface area contributed by atoms with E-state index in [1.165, 1.54) is 5.56 Å². The van der Waals surface area contributed by atoms with Gasteiger partial charge >= 0.3 is 0 Å². The van der Waals surface area contributed by atoms with Crippen LogP contribution in [-0.2, 0) is 6.54 Å². The molecule has 0 fully saturated rings. The molecule has 1 rings (SSSR count). The van der Waals surface area contributed by atoms with Crippen LogP contribution in [0.25, 0.3) is 0 Å². The molecule has 1 aromatic carbocycles. The molecule has 1 aromatic rings. The molecule has 0 aromatic heterocycles. The van der Waals surface area contributed by atoms with Gasteiger partial charge in [-0.2, -0.15) is 0 Å². The van der Waals surface area contributed by atoms with Gasteiger partial charge in [-0.15, -0.1) is 24.0 Å². The Morgan fingerprint density at radius 3 is 2.32 bits per heavy atom. The van der Waals surface area contributed by atoms with Crippen molar-refractivity contribution in [1.82, 2.24) is 15.5 Å². The Bertz CT molecular complexity index is 440. The Hall–Kier alpha value is -0.820. The van der Waals surface area contributed by atoms with Crippen LogP contribution in [0.1, 0.15) is 33.3 Å². The Balaban J connectivity index is 0.00000441. The lowest BCUT2D eigenvalue weighted by atomic mass is 10.1. The number of nitrogens with one attached hydrogen (secondary N) is 2. The fourth-order valence-corrected chi connectivity index (χ4v) is 1.96. The fraction of sp³-hybridized carbons (Fsp3) is 0.588. The summed E-state index contributed by atoms with van der Waals surface area (Å²) in [5.74, 6) is 0.850. The molecular weight excluding hydrogens is 387 g/mol. The maximum Gasteiger partial charge on any atom is 0.191 e. The normalized spacial score (nSPS) is 13.5. The quantitative estimate of drug-likeness (QED) is 0.439. The van der Waals surface area contributed by atoms with Crippen LogP contribution >= 0.6 is 24.0 Å². The predicted molar refractivity (Wildman–Crippen MR) is 107 cm³/mol. The largest absolute Gasteiger partial charge is 0.355 e. The predicted octanol–water partition coefficient (Wildman–Crippen LogP) is 3.09. The summed E-state index contributed by atoms with van der Waals surface area (Å²) in [5.41, 5.74) is 1.35. The second kappa shape index (κ2) is 10.0. The molecule has 0 saturated heterocycles. The first-order valence-corrected chi connectivity index (χ1v) is 7.55. The van der Waals surface area contributed by atoms with Crippen LogP contribution in [-0.4, -0.2) is 43.1 Å². The molecule has 0 aliphatic carbocycles. The first kappa shape index (κ1) is 21.2. The van der Waals surface area contributed by atoms with E-state index in [0.29, 0.717) is 6.04 Å². The van der Waals surface area contributed by atoms with Gasteiger partial charge in [0.25, 0.3) is 0 Å². The van der Waals surface area contributed by atoms with Crippen molar-refractivity contribution in [1.29, 1.82) is 0 Å². The van der Waals surface area contributed by atoms with E-state index in [0.717, 1.165) is 19.0 Å². The Morgan fingerprint density at radius 1 is 1.23 bits per heavy atom. The highest BCUT2D eigenvalue weighted by Gasteiger charge is 2.14. The molecule has 0 heterocycles. The summed E-state index contributed by atoms with van der Waals surface area (Å²) in [6.45, 7) is 10.4. The number of nitrogens with zero attached hydrogens (tertiary/aromatic N) is 2. The number of guanidine groups is 1. The molecule has 0 saturated carbocycles. The lowest BCUT2D eigenvalue weighted by Gasteiger charge is -2.28. The summed E-state index contributed by atoms with van der Waals surface area (Å²) >= 11 is 0. The Kier molecular flexibility index (Phi) is 9.67. The third-order valence-electron chi connectivity index (χ3n) is 3.31. The van der Waals surface area contributed by atoms with Crippen LogP contribution < -0.4 is 10.6 Å². The minimum absolute atomic E-state index is 0. The van der Waals surface area contributed by atoms with Crippen molar-refractivity contribution in [2.24, 2.45) is 4.99 Å². The van der Waals surface area contributed by atoms with E-state index in [2.05, 4.69) is 85.6 Å². The third kappa shape index (κ3) is 8.58. The summed E-state index contributed by atoms with van der Waals surface area (Å²) in [5, 5.41) is 6.76. The second-order valence-corrected chi connectivity index (χ2v) is 6.58. The molecular formula is C17H31IN4. The lowest BCUT2D eigenvalue weighted by molar-refractivity contribution is 0.249. The molecule has 126 valence electrons. The van der Waals surface area contributed by atoms with Crippen LogP contribution in [0.3, 0.4) is 0 Å². The summed E-state index contributed by atoms with van der Waals surface area (Å²) in [4.78, 5) is 6.60. The molecule has 0 spiro atoms. The highest BCUT2D eigenvalue weighted by atomic mass is 127. The second-order valence-electron chi connectivity index (χ2n) is 6.58. The van der Waals surface area contributed by atoms with Gasteiger partial charge in [0.15, 0.2) is 5.96 Å². The van der Waals surface area contributed by atoms with Crippen molar-refractivity contribution < 1.29 is 0 Å². The maximum atomic E-state index is 4.26. The summed E-state index contributed by atoms with van der Waals surface area (Å²) in [6.07, 6.45) is 0. The Morgan fingerprint density at radius 2 is 1.82 bits per heavy atom. The SMILES string of the molecule is CN=C(NCC(C)N(C)Cc1ccccc1)NC(C)(C)C.I. The number of hydrogen-bond acceptors (Lipinski definition) is 2. The molecule has 0 aliphatic rings. The topological polar surface area (TPSA) is 39.7 Å². The molecule has 0 aliphatic heterocycles. The van der Waals surface area contributed by atoms with Crippen molar-refractivity contribution in [2.75, 3.05) is 20.6 Å². The highest BCUT2D eigenvalue weighted by Crippen LogP contribution is 2.05. The van der Waals surface area contributed by atoms with E-state index < -0.39 is 0 Å². The summed E-state index contributed by atoms with van der Waals surface area (Å²) in [6, 6.07) is 11.0. The zero-order valence-corrected chi connectivity index (χ0v) is 17.0. The summed E-state index contributed by atoms with van der Waals surface area (Å²) < 4.78 is 0. The number of hydrogen-bond donors (Lipinski definition) is 2. The van der Waals surface area contributed by atoms with Gasteiger partial charge in [0.2, 0.25) is 0 Å². The van der Waals surface area contributed by atoms with E-state index in [1.807, 2.05) is 0 Å². The minimum atomic E-state index is 0. The first-order valence-electron chi connectivity index (χ1n) is 7.55. The van der Waals surface area contributed by atoms with E-state index in [-0.39, 0.29) is 29.5 Å². The van der Waals surface area contributed by atoms with E-state index in [4.69, 9.17) is 0 Å². The minimum Gasteiger partial charge on any atom is -0.355 e. The van der Waals surface area contributed by atoms with Crippen molar-refractivity contribution in [3.05, 3.63) is 35.9 Å². The number of likely N-dealkylation sites (N-methyl/N-ethyl adjacent to an activating group) is 1. The molecule has 1 atom stereocenters. The van der Waals surface area contributed by atoms with Gasteiger partial charge in [-0.1, -0.05) is 30.3 Å². The van der Waals surface area contributed by atoms with Crippen molar-refractivity contribution in [2.45, 2.75) is 45.8 Å². The van der Waals surface area contributed by atoms with Crippen molar-refractivity contribution >= 4 is 29.9 Å². The van der Waals surface area contributed by atoms with Gasteiger partial charge in [-0.05, 0) is 40.3 Å². The lowest BCUT2D eigenvalue weighted by Crippen LogP contribution is -2.50. The van der Waals surface area contributed by atoms with Crippen LogP contribution in [0.15, 0.2) is 35.3 Å². The van der Waals surface area contributed by atoms with Gasteiger partial charge in [0.05, 0.1) is 0 Å². The average molecular weight is 418 g/mol. The number of aliphatic imine (C=N–C) groups is 1. The van der Waals surface area contributed by atoms with Gasteiger partial charge in [0.1, 0.15) is 0 Å². The molecule has 0 amide bonds. The average Bonchev–Trinajstić information content (AvgIpc) is 2.42. The molecule has 22 heavy (non-hydrogen) atoms. The summed E-state index contributed by atoms with van der Waals surface area (Å²) in [7, 11) is 3.96. The van der Waals surface area contributed by atoms with Crippen LogP contribution in [0.2, 0.25) is 0 Å². The maximum absolute atomic E-state index is 4.26. The van der Waals surface area contributed by atoms with Crippen LogP contribution in [0.5, 0.6) is 0 Å². The molecule has 2 N–H and O–H groups in total. The van der Waals surface area contributed by atoms with Gasteiger partial charge in [0, 0.05) is 31.7 Å². The number of halogens is 1. The number of benzene rings is 1. The molecule has 4 nitrogen and oxygen atoms in total. The van der Waals surface area contributed by atoms with Gasteiger partial charge < -0.3 is 10.6 Å². The number of rotatable bonds is 5. The highest BCUT2D eigenvalue weighted by molar-refractivity contribution is 14.0. The monoisotopic (exact) mass is 418 g/mol. The third-order valence-corrected chi connectivity index (χ3v) is 3.31. The van der Waals surface area contributed by atoms with Gasteiger partial charge in [-0.25, -0.2) is 0 Å². The smallest absolute Gasteiger partial charge is 0.191 e. The van der Waals surface area contributed by atoms with Crippen LogP contribution in [0, 0.1) is 0 Å². The first-order chi connectivity index (χ1) is 9.81. The van der Waals surface area contributed by atoms with Crippen molar-refractivity contribution in [3.8, 4) is 0 Å². The Labute approximate surface area is 152 Å². The van der Waals surface area contributed by atoms with E-state index >= 15 is 0 Å². The zero-order chi connectivity index (χ0) is 15.9. The zero-order valence-electron chi connectivity index (χ0n) is 14.7. The van der Waals surface area contributed by atoms with E-state index in [1.54, 1.807) is 7.05 Å². The molecule has 5 heteroatoms. The van der Waals surface area contributed by atoms with Crippen LogP contribution in [0.4, 0.5) is 0 Å². The van der Waals surface area contributed by atoms with Crippen molar-refractivity contribution in [3.63, 3.8) is 0 Å². The van der Waals surface area contributed by atoms with Gasteiger partial charge in [-0.3, -0.25) is 9.89 Å². The molecule has 1 unspecified atom stereocenters.